The van der Waals surface area contributed by atoms with Gasteiger partial charge in [-0.15, -0.1) is 0 Å². The maximum atomic E-state index is 12.2. The van der Waals surface area contributed by atoms with Gasteiger partial charge in [-0.1, -0.05) is 25.4 Å². The van der Waals surface area contributed by atoms with E-state index in [1.54, 1.807) is 25.3 Å². The van der Waals surface area contributed by atoms with E-state index in [-0.39, 0.29) is 24.6 Å². The van der Waals surface area contributed by atoms with Crippen LogP contribution in [0.3, 0.4) is 0 Å². The van der Waals surface area contributed by atoms with Crippen molar-refractivity contribution in [2.24, 2.45) is 5.92 Å². The van der Waals surface area contributed by atoms with Crippen molar-refractivity contribution < 1.29 is 14.6 Å². The van der Waals surface area contributed by atoms with Crippen molar-refractivity contribution in [3.05, 3.63) is 23.2 Å². The maximum absolute atomic E-state index is 12.2. The number of hydrogen-bond acceptors (Lipinski definition) is 4. The molecule has 1 aromatic rings. The van der Waals surface area contributed by atoms with Gasteiger partial charge >= 0.3 is 0 Å². The molecule has 3 N–H and O–H groups in total. The molecule has 0 spiro atoms. The minimum absolute atomic E-state index is 0.000806. The van der Waals surface area contributed by atoms with Crippen LogP contribution in [0, 0.1) is 5.92 Å². The highest BCUT2D eigenvalue weighted by atomic mass is 35.5. The molecule has 23 heavy (non-hydrogen) atoms. The van der Waals surface area contributed by atoms with E-state index in [2.05, 4.69) is 24.5 Å². The van der Waals surface area contributed by atoms with Crippen molar-refractivity contribution in [1.29, 1.82) is 0 Å². The Morgan fingerprint density at radius 2 is 2.04 bits per heavy atom. The minimum Gasteiger partial charge on any atom is -0.495 e. The predicted molar refractivity (Wildman–Crippen MR) is 94.2 cm³/mol. The second-order valence-electron chi connectivity index (χ2n) is 6.03. The molecular formula is C17H27ClN2O3. The van der Waals surface area contributed by atoms with E-state index in [4.69, 9.17) is 21.4 Å². The van der Waals surface area contributed by atoms with Crippen molar-refractivity contribution in [3.63, 3.8) is 0 Å². The van der Waals surface area contributed by atoms with Gasteiger partial charge < -0.3 is 20.5 Å². The summed E-state index contributed by atoms with van der Waals surface area (Å²) in [6.45, 7) is 6.28. The third kappa shape index (κ3) is 6.77. The fraction of sp³-hybridized carbons (Fsp3) is 0.588. The summed E-state index contributed by atoms with van der Waals surface area (Å²) in [6.07, 6.45) is 0.996. The summed E-state index contributed by atoms with van der Waals surface area (Å²) >= 11 is 5.96. The molecule has 6 heteroatoms. The highest BCUT2D eigenvalue weighted by molar-refractivity contribution is 6.31. The fourth-order valence-electron chi connectivity index (χ4n) is 2.43. The lowest BCUT2D eigenvalue weighted by Crippen LogP contribution is -2.42. The number of hydrogen-bond donors (Lipinski definition) is 3. The first-order valence-corrected chi connectivity index (χ1v) is 8.25. The summed E-state index contributed by atoms with van der Waals surface area (Å²) in [5.41, 5.74) is 0.563. The summed E-state index contributed by atoms with van der Waals surface area (Å²) in [6, 6.07) is 5.28. The third-order valence-corrected chi connectivity index (χ3v) is 3.91. The smallest absolute Gasteiger partial charge is 0.226 e. The standard InChI is InChI=1S/C17H27ClN2O3/c1-11(2)14(7-8-21)19-12(3)9-17(22)20-15-10-13(18)5-6-16(15)23-4/h5-6,10-12,14,19,21H,7-9H2,1-4H3,(H,20,22). The average Bonchev–Trinajstić information content (AvgIpc) is 2.46. The van der Waals surface area contributed by atoms with E-state index in [0.717, 1.165) is 0 Å². The quantitative estimate of drug-likeness (QED) is 0.645. The number of amides is 1. The third-order valence-electron chi connectivity index (χ3n) is 3.67. The van der Waals surface area contributed by atoms with Crippen LogP contribution in [0.25, 0.3) is 0 Å². The van der Waals surface area contributed by atoms with Gasteiger partial charge in [-0.3, -0.25) is 4.79 Å². The monoisotopic (exact) mass is 342 g/mol. The second kappa shape index (κ2) is 9.75. The molecule has 0 aliphatic carbocycles. The molecule has 0 saturated heterocycles. The zero-order valence-electron chi connectivity index (χ0n) is 14.2. The van der Waals surface area contributed by atoms with Crippen molar-refractivity contribution >= 4 is 23.2 Å². The topological polar surface area (TPSA) is 70.6 Å². The Labute approximate surface area is 143 Å². The van der Waals surface area contributed by atoms with Gasteiger partial charge in [-0.05, 0) is 37.5 Å². The van der Waals surface area contributed by atoms with Gasteiger partial charge in [0.25, 0.3) is 0 Å². The van der Waals surface area contributed by atoms with Crippen LogP contribution in [0.4, 0.5) is 5.69 Å². The van der Waals surface area contributed by atoms with Gasteiger partial charge in [-0.25, -0.2) is 0 Å². The molecule has 0 aliphatic rings. The second-order valence-corrected chi connectivity index (χ2v) is 6.46. The first-order chi connectivity index (χ1) is 10.9. The van der Waals surface area contributed by atoms with Gasteiger partial charge in [0.05, 0.1) is 12.8 Å². The Balaban J connectivity index is 2.60. The zero-order chi connectivity index (χ0) is 17.4. The summed E-state index contributed by atoms with van der Waals surface area (Å²) in [4.78, 5) is 12.2. The lowest BCUT2D eigenvalue weighted by atomic mass is 10.00. The normalized spacial score (nSPS) is 13.7. The molecule has 0 heterocycles. The zero-order valence-corrected chi connectivity index (χ0v) is 15.0. The largest absolute Gasteiger partial charge is 0.495 e. The van der Waals surface area contributed by atoms with Crippen LogP contribution in [0.15, 0.2) is 18.2 Å². The molecule has 2 unspecified atom stereocenters. The van der Waals surface area contributed by atoms with Gasteiger partial charge in [0.2, 0.25) is 5.91 Å². The molecule has 0 aliphatic heterocycles. The summed E-state index contributed by atoms with van der Waals surface area (Å²) in [7, 11) is 1.55. The van der Waals surface area contributed by atoms with E-state index in [1.807, 2.05) is 6.92 Å². The fourth-order valence-corrected chi connectivity index (χ4v) is 2.60. The number of carbonyl (C=O) groups excluding carboxylic acids is 1. The molecule has 0 saturated carbocycles. The Morgan fingerprint density at radius 1 is 1.35 bits per heavy atom. The number of methoxy groups -OCH3 is 1. The molecule has 0 radical (unpaired) electrons. The highest BCUT2D eigenvalue weighted by Crippen LogP contribution is 2.27. The Hall–Kier alpha value is -1.30. The molecule has 1 rings (SSSR count). The number of aliphatic hydroxyl groups excluding tert-OH is 1. The molecule has 1 amide bonds. The number of benzene rings is 1. The summed E-state index contributed by atoms with van der Waals surface area (Å²) in [5.74, 6) is 0.849. The maximum Gasteiger partial charge on any atom is 0.226 e. The van der Waals surface area contributed by atoms with Crippen LogP contribution in [-0.2, 0) is 4.79 Å². The van der Waals surface area contributed by atoms with E-state index < -0.39 is 0 Å². The van der Waals surface area contributed by atoms with Crippen LogP contribution < -0.4 is 15.4 Å². The molecule has 5 nitrogen and oxygen atoms in total. The number of halogens is 1. The summed E-state index contributed by atoms with van der Waals surface area (Å²) in [5, 5.41) is 15.9. The van der Waals surface area contributed by atoms with Crippen molar-refractivity contribution in [2.45, 2.75) is 45.7 Å². The molecule has 0 aromatic heterocycles. The van der Waals surface area contributed by atoms with Gasteiger partial charge in [0, 0.05) is 30.1 Å². The number of aliphatic hydroxyl groups is 1. The first kappa shape index (κ1) is 19.7. The summed E-state index contributed by atoms with van der Waals surface area (Å²) < 4.78 is 5.22. The lowest BCUT2D eigenvalue weighted by Gasteiger charge is -2.25. The average molecular weight is 343 g/mol. The van der Waals surface area contributed by atoms with Crippen LogP contribution in [-0.4, -0.2) is 36.8 Å². The van der Waals surface area contributed by atoms with E-state index in [9.17, 15) is 4.79 Å². The molecule has 0 bridgehead atoms. The molecule has 0 fully saturated rings. The Kier molecular flexibility index (Phi) is 8.37. The van der Waals surface area contributed by atoms with Crippen LogP contribution >= 0.6 is 11.6 Å². The van der Waals surface area contributed by atoms with Gasteiger partial charge in [0.1, 0.15) is 5.75 Å². The SMILES string of the molecule is COc1ccc(Cl)cc1NC(=O)CC(C)NC(CCO)C(C)C. The molecule has 1 aromatic carbocycles. The van der Waals surface area contributed by atoms with Crippen molar-refractivity contribution in [1.82, 2.24) is 5.32 Å². The minimum atomic E-state index is -0.114. The van der Waals surface area contributed by atoms with Gasteiger partial charge in [-0.2, -0.15) is 0 Å². The first-order valence-electron chi connectivity index (χ1n) is 7.87. The van der Waals surface area contributed by atoms with Crippen LogP contribution in [0.2, 0.25) is 5.02 Å². The van der Waals surface area contributed by atoms with Gasteiger partial charge in [0.15, 0.2) is 0 Å². The lowest BCUT2D eigenvalue weighted by molar-refractivity contribution is -0.116. The number of ether oxygens (including phenoxy) is 1. The highest BCUT2D eigenvalue weighted by Gasteiger charge is 2.18. The Bertz CT molecular complexity index is 509. The van der Waals surface area contributed by atoms with Crippen molar-refractivity contribution in [2.75, 3.05) is 19.0 Å². The molecular weight excluding hydrogens is 316 g/mol. The molecule has 130 valence electrons. The number of anilines is 1. The van der Waals surface area contributed by atoms with Crippen LogP contribution in [0.5, 0.6) is 5.75 Å². The Morgan fingerprint density at radius 3 is 2.61 bits per heavy atom. The van der Waals surface area contributed by atoms with E-state index in [1.165, 1.54) is 0 Å². The van der Waals surface area contributed by atoms with E-state index >= 15 is 0 Å². The number of carbonyl (C=O) groups is 1. The van der Waals surface area contributed by atoms with Crippen molar-refractivity contribution in [3.8, 4) is 5.75 Å². The van der Waals surface area contributed by atoms with Crippen LogP contribution in [0.1, 0.15) is 33.6 Å². The molecule has 2 atom stereocenters. The number of rotatable bonds is 9. The predicted octanol–water partition coefficient (Wildman–Crippen LogP) is 3.06. The van der Waals surface area contributed by atoms with E-state index in [0.29, 0.717) is 35.2 Å². The number of nitrogens with one attached hydrogen (secondary N) is 2.